The van der Waals surface area contributed by atoms with Crippen LogP contribution in [0.15, 0.2) is 8.26 Å². The zero-order chi connectivity index (χ0) is 13.0. The molecule has 17 heavy (non-hydrogen) atoms. The van der Waals surface area contributed by atoms with Gasteiger partial charge < -0.3 is 14.7 Å². The fraction of sp³-hybridized carbons (Fsp3) is 0.500. The summed E-state index contributed by atoms with van der Waals surface area (Å²) in [5, 5.41) is 8.91. The molecule has 96 valence electrons. The second kappa shape index (κ2) is 6.72. The van der Waals surface area contributed by atoms with Crippen molar-refractivity contribution in [2.75, 3.05) is 26.8 Å². The molecule has 1 amide bonds. The highest BCUT2D eigenvalue weighted by Gasteiger charge is 2.24. The second-order valence-electron chi connectivity index (χ2n) is 3.16. The molecule has 0 saturated heterocycles. The third kappa shape index (κ3) is 3.21. The number of carbonyl (C=O) groups excluding carboxylic acids is 1. The summed E-state index contributed by atoms with van der Waals surface area (Å²) in [6, 6.07) is 0. The number of ether oxygens (including phenoxy) is 1. The molecule has 0 fully saturated rings. The van der Waals surface area contributed by atoms with Gasteiger partial charge in [-0.05, 0) is 38.8 Å². The smallest absolute Gasteiger partial charge is 0.267 e. The van der Waals surface area contributed by atoms with Crippen molar-refractivity contribution in [3.8, 4) is 5.75 Å². The number of nitrogens with zero attached hydrogens (tertiary/aromatic N) is 1. The molecule has 0 bridgehead atoms. The number of aliphatic hydroxyl groups excluding tert-OH is 1. The lowest BCUT2D eigenvalue weighted by Crippen LogP contribution is -2.33. The highest BCUT2D eigenvalue weighted by molar-refractivity contribution is 9.13. The Morgan fingerprint density at radius 2 is 2.18 bits per heavy atom. The van der Waals surface area contributed by atoms with Gasteiger partial charge >= 0.3 is 0 Å². The Kier molecular flexibility index (Phi) is 5.91. The predicted molar refractivity (Wildman–Crippen MR) is 74.9 cm³/mol. The second-order valence-corrected chi connectivity index (χ2v) is 6.29. The number of hydrogen-bond donors (Lipinski definition) is 1. The molecule has 0 aliphatic carbocycles. The van der Waals surface area contributed by atoms with Gasteiger partial charge in [-0.1, -0.05) is 0 Å². The van der Waals surface area contributed by atoms with Gasteiger partial charge in [-0.25, -0.2) is 0 Å². The van der Waals surface area contributed by atoms with Crippen LogP contribution in [0.2, 0.25) is 0 Å². The molecule has 1 aromatic heterocycles. The molecule has 0 unspecified atom stereocenters. The average molecular weight is 387 g/mol. The van der Waals surface area contributed by atoms with Crippen LogP contribution in [0.25, 0.3) is 0 Å². The third-order valence-electron chi connectivity index (χ3n) is 2.21. The van der Waals surface area contributed by atoms with Crippen LogP contribution in [-0.2, 0) is 0 Å². The van der Waals surface area contributed by atoms with Crippen LogP contribution in [0, 0.1) is 0 Å². The van der Waals surface area contributed by atoms with Crippen molar-refractivity contribution in [1.29, 1.82) is 0 Å². The fourth-order valence-electron chi connectivity index (χ4n) is 1.36. The summed E-state index contributed by atoms with van der Waals surface area (Å²) < 4.78 is 6.78. The van der Waals surface area contributed by atoms with Crippen molar-refractivity contribution in [3.63, 3.8) is 0 Å². The van der Waals surface area contributed by atoms with Crippen molar-refractivity contribution < 1.29 is 14.6 Å². The maximum Gasteiger partial charge on any atom is 0.267 e. The van der Waals surface area contributed by atoms with E-state index in [4.69, 9.17) is 9.84 Å². The molecule has 1 heterocycles. The number of rotatable bonds is 5. The van der Waals surface area contributed by atoms with Crippen molar-refractivity contribution in [2.24, 2.45) is 0 Å². The minimum Gasteiger partial charge on any atom is -0.494 e. The largest absolute Gasteiger partial charge is 0.494 e. The van der Waals surface area contributed by atoms with Crippen molar-refractivity contribution in [3.05, 3.63) is 13.1 Å². The zero-order valence-electron chi connectivity index (χ0n) is 9.50. The maximum atomic E-state index is 12.2. The van der Waals surface area contributed by atoms with E-state index in [0.717, 1.165) is 8.26 Å². The topological polar surface area (TPSA) is 49.8 Å². The summed E-state index contributed by atoms with van der Waals surface area (Å²) in [6.07, 6.45) is 0. The molecule has 1 rings (SSSR count). The standard InChI is InChI=1S/C10H13Br2NO3S/c1-3-13(4-5-14)10(15)8-7(16-2)6(11)9(12)17-8/h14H,3-5H2,1-2H3. The fourth-order valence-corrected chi connectivity index (χ4v) is 3.62. The maximum absolute atomic E-state index is 12.2. The molecule has 0 saturated carbocycles. The molecule has 0 spiro atoms. The van der Waals surface area contributed by atoms with E-state index < -0.39 is 0 Å². The van der Waals surface area contributed by atoms with Gasteiger partial charge in [0.2, 0.25) is 0 Å². The molecule has 0 atom stereocenters. The number of hydrogen-bond acceptors (Lipinski definition) is 4. The van der Waals surface area contributed by atoms with Gasteiger partial charge in [0.15, 0.2) is 5.75 Å². The lowest BCUT2D eigenvalue weighted by molar-refractivity contribution is 0.0733. The normalized spacial score (nSPS) is 10.4. The number of thiophene rings is 1. The van der Waals surface area contributed by atoms with Crippen LogP contribution in [0.1, 0.15) is 16.6 Å². The zero-order valence-corrected chi connectivity index (χ0v) is 13.5. The van der Waals surface area contributed by atoms with Gasteiger partial charge in [-0.2, -0.15) is 0 Å². The van der Waals surface area contributed by atoms with E-state index >= 15 is 0 Å². The Balaban J connectivity index is 3.06. The van der Waals surface area contributed by atoms with E-state index in [-0.39, 0.29) is 12.5 Å². The van der Waals surface area contributed by atoms with Gasteiger partial charge in [0.25, 0.3) is 5.91 Å². The Morgan fingerprint density at radius 1 is 1.53 bits per heavy atom. The quantitative estimate of drug-likeness (QED) is 0.846. The third-order valence-corrected chi connectivity index (χ3v) is 5.59. The van der Waals surface area contributed by atoms with E-state index in [9.17, 15) is 4.79 Å². The summed E-state index contributed by atoms with van der Waals surface area (Å²) in [4.78, 5) is 14.3. The molecule has 0 radical (unpaired) electrons. The van der Waals surface area contributed by atoms with Crippen LogP contribution in [0.5, 0.6) is 5.75 Å². The van der Waals surface area contributed by atoms with Gasteiger partial charge in [0, 0.05) is 13.1 Å². The van der Waals surface area contributed by atoms with E-state index in [1.54, 1.807) is 4.90 Å². The molecular weight excluding hydrogens is 374 g/mol. The Labute approximate surface area is 121 Å². The molecule has 4 nitrogen and oxygen atoms in total. The summed E-state index contributed by atoms with van der Waals surface area (Å²) in [7, 11) is 1.53. The highest BCUT2D eigenvalue weighted by atomic mass is 79.9. The molecular formula is C10H13Br2NO3S. The van der Waals surface area contributed by atoms with E-state index in [0.29, 0.717) is 23.7 Å². The van der Waals surface area contributed by atoms with E-state index in [1.165, 1.54) is 18.4 Å². The van der Waals surface area contributed by atoms with E-state index in [2.05, 4.69) is 31.9 Å². The predicted octanol–water partition coefficient (Wildman–Crippen LogP) is 2.74. The first-order chi connectivity index (χ1) is 8.06. The molecule has 7 heteroatoms. The summed E-state index contributed by atoms with van der Waals surface area (Å²) in [5.41, 5.74) is 0. The minimum atomic E-state index is -0.130. The number of halogens is 2. The van der Waals surface area contributed by atoms with Crippen LogP contribution in [0.4, 0.5) is 0 Å². The number of methoxy groups -OCH3 is 1. The molecule has 1 N–H and O–H groups in total. The number of likely N-dealkylation sites (N-methyl/N-ethyl adjacent to an activating group) is 1. The van der Waals surface area contributed by atoms with Crippen LogP contribution < -0.4 is 4.74 Å². The Morgan fingerprint density at radius 3 is 2.65 bits per heavy atom. The highest BCUT2D eigenvalue weighted by Crippen LogP contribution is 2.43. The van der Waals surface area contributed by atoms with Gasteiger partial charge in [-0.3, -0.25) is 4.79 Å². The van der Waals surface area contributed by atoms with Crippen molar-refractivity contribution in [2.45, 2.75) is 6.92 Å². The van der Waals surface area contributed by atoms with Gasteiger partial charge in [0.05, 0.1) is 22.0 Å². The lowest BCUT2D eigenvalue weighted by Gasteiger charge is -2.19. The summed E-state index contributed by atoms with van der Waals surface area (Å²) in [6.45, 7) is 2.70. The average Bonchev–Trinajstić information content (AvgIpc) is 2.61. The molecule has 0 aliphatic rings. The van der Waals surface area contributed by atoms with Crippen LogP contribution in [0.3, 0.4) is 0 Å². The monoisotopic (exact) mass is 385 g/mol. The number of carbonyl (C=O) groups is 1. The number of aliphatic hydroxyl groups is 1. The lowest BCUT2D eigenvalue weighted by atomic mass is 10.3. The molecule has 0 aromatic carbocycles. The SMILES string of the molecule is CCN(CCO)C(=O)c1sc(Br)c(Br)c1OC. The molecule has 1 aromatic rings. The summed E-state index contributed by atoms with van der Waals surface area (Å²) in [5.74, 6) is 0.401. The summed E-state index contributed by atoms with van der Waals surface area (Å²) >= 11 is 8.03. The Bertz CT molecular complexity index is 409. The van der Waals surface area contributed by atoms with Crippen LogP contribution in [-0.4, -0.2) is 42.7 Å². The van der Waals surface area contributed by atoms with Gasteiger partial charge in [-0.15, -0.1) is 11.3 Å². The Hall–Kier alpha value is -0.110. The van der Waals surface area contributed by atoms with Crippen molar-refractivity contribution >= 4 is 49.1 Å². The van der Waals surface area contributed by atoms with Gasteiger partial charge in [0.1, 0.15) is 4.88 Å². The van der Waals surface area contributed by atoms with Crippen molar-refractivity contribution in [1.82, 2.24) is 4.90 Å². The minimum absolute atomic E-state index is 0.0460. The first-order valence-electron chi connectivity index (χ1n) is 4.98. The molecule has 0 aliphatic heterocycles. The van der Waals surface area contributed by atoms with Crippen LogP contribution >= 0.6 is 43.2 Å². The van der Waals surface area contributed by atoms with E-state index in [1.807, 2.05) is 6.92 Å². The first kappa shape index (κ1) is 14.9. The number of amides is 1. The first-order valence-corrected chi connectivity index (χ1v) is 7.38.